The standard InChI is InChI=1S/C11H12F2N4O3/c1-16-11(18)17(15-14-16)6-7-3-4-8(20-10(12)13)9(5-7)19-2/h3-5,10H,6H2,1-2H3. The summed E-state index contributed by atoms with van der Waals surface area (Å²) in [4.78, 5) is 11.6. The Morgan fingerprint density at radius 2 is 2.05 bits per heavy atom. The van der Waals surface area contributed by atoms with Gasteiger partial charge in [-0.1, -0.05) is 6.07 Å². The molecule has 9 heteroatoms. The second-order valence-corrected chi connectivity index (χ2v) is 3.91. The number of methoxy groups -OCH3 is 1. The zero-order valence-electron chi connectivity index (χ0n) is 10.8. The monoisotopic (exact) mass is 286 g/mol. The second-order valence-electron chi connectivity index (χ2n) is 3.91. The van der Waals surface area contributed by atoms with Gasteiger partial charge in [0, 0.05) is 7.05 Å². The summed E-state index contributed by atoms with van der Waals surface area (Å²) in [5, 5.41) is 7.24. The predicted octanol–water partition coefficient (Wildman–Crippen LogP) is 0.635. The Labute approximate surface area is 112 Å². The molecule has 2 aromatic rings. The van der Waals surface area contributed by atoms with Crippen LogP contribution in [0.2, 0.25) is 0 Å². The van der Waals surface area contributed by atoms with Crippen molar-refractivity contribution in [1.29, 1.82) is 0 Å². The van der Waals surface area contributed by atoms with Crippen molar-refractivity contribution >= 4 is 0 Å². The predicted molar refractivity (Wildman–Crippen MR) is 64.0 cm³/mol. The number of nitrogens with zero attached hydrogens (tertiary/aromatic N) is 4. The summed E-state index contributed by atoms with van der Waals surface area (Å²) in [5.41, 5.74) is 0.267. The van der Waals surface area contributed by atoms with Gasteiger partial charge in [-0.25, -0.2) is 4.79 Å². The van der Waals surface area contributed by atoms with Crippen LogP contribution in [0, 0.1) is 0 Å². The fourth-order valence-corrected chi connectivity index (χ4v) is 1.63. The minimum Gasteiger partial charge on any atom is -0.493 e. The zero-order valence-corrected chi connectivity index (χ0v) is 10.8. The fraction of sp³-hybridized carbons (Fsp3) is 0.364. The maximum Gasteiger partial charge on any atom is 0.387 e. The molecule has 0 spiro atoms. The summed E-state index contributed by atoms with van der Waals surface area (Å²) >= 11 is 0. The topological polar surface area (TPSA) is 71.2 Å². The maximum atomic E-state index is 12.2. The van der Waals surface area contributed by atoms with Gasteiger partial charge in [0.25, 0.3) is 0 Å². The van der Waals surface area contributed by atoms with Gasteiger partial charge in [-0.05, 0) is 28.1 Å². The summed E-state index contributed by atoms with van der Waals surface area (Å²) in [6.45, 7) is -2.78. The van der Waals surface area contributed by atoms with Crippen LogP contribution in [0.25, 0.3) is 0 Å². The minimum absolute atomic E-state index is 0.0715. The molecule has 7 nitrogen and oxygen atoms in total. The van der Waals surface area contributed by atoms with Crippen LogP contribution in [-0.2, 0) is 13.6 Å². The number of rotatable bonds is 5. The Morgan fingerprint density at radius 1 is 1.30 bits per heavy atom. The summed E-state index contributed by atoms with van der Waals surface area (Å²) in [7, 11) is 2.82. The summed E-state index contributed by atoms with van der Waals surface area (Å²) in [6.07, 6.45) is 0. The van der Waals surface area contributed by atoms with Crippen molar-refractivity contribution in [3.8, 4) is 11.5 Å². The molecular formula is C11H12F2N4O3. The lowest BCUT2D eigenvalue weighted by molar-refractivity contribution is -0.0512. The molecule has 1 aromatic carbocycles. The van der Waals surface area contributed by atoms with Crippen molar-refractivity contribution < 1.29 is 18.3 Å². The van der Waals surface area contributed by atoms with Crippen LogP contribution in [0.3, 0.4) is 0 Å². The van der Waals surface area contributed by atoms with E-state index in [1.165, 1.54) is 26.3 Å². The van der Waals surface area contributed by atoms with Crippen LogP contribution in [-0.4, -0.2) is 33.5 Å². The van der Waals surface area contributed by atoms with Crippen molar-refractivity contribution in [1.82, 2.24) is 19.8 Å². The Kier molecular flexibility index (Phi) is 3.97. The van der Waals surface area contributed by atoms with E-state index in [4.69, 9.17) is 4.74 Å². The van der Waals surface area contributed by atoms with Crippen LogP contribution in [0.15, 0.2) is 23.0 Å². The highest BCUT2D eigenvalue weighted by Gasteiger charge is 2.12. The first-order valence-electron chi connectivity index (χ1n) is 5.60. The van der Waals surface area contributed by atoms with Gasteiger partial charge in [0.05, 0.1) is 13.7 Å². The number of halogens is 2. The molecule has 1 aromatic heterocycles. The number of tetrazole rings is 1. The van der Waals surface area contributed by atoms with E-state index in [0.717, 1.165) is 9.36 Å². The summed E-state index contributed by atoms with van der Waals surface area (Å²) < 4.78 is 35.9. The molecule has 20 heavy (non-hydrogen) atoms. The quantitative estimate of drug-likeness (QED) is 0.806. The van der Waals surface area contributed by atoms with E-state index < -0.39 is 6.61 Å². The number of hydrogen-bond acceptors (Lipinski definition) is 5. The molecular weight excluding hydrogens is 274 g/mol. The molecule has 0 bridgehead atoms. The van der Waals surface area contributed by atoms with Gasteiger partial charge in [-0.2, -0.15) is 18.1 Å². The third-order valence-electron chi connectivity index (χ3n) is 2.56. The lowest BCUT2D eigenvalue weighted by atomic mass is 10.2. The van der Waals surface area contributed by atoms with Crippen LogP contribution >= 0.6 is 0 Å². The first kappa shape index (κ1) is 14.0. The van der Waals surface area contributed by atoms with Crippen molar-refractivity contribution in [2.75, 3.05) is 7.11 Å². The van der Waals surface area contributed by atoms with Gasteiger partial charge in [-0.3, -0.25) is 0 Å². The van der Waals surface area contributed by atoms with E-state index in [2.05, 4.69) is 15.2 Å². The SMILES string of the molecule is COc1cc(Cn2nnn(C)c2=O)ccc1OC(F)F. The lowest BCUT2D eigenvalue weighted by Gasteiger charge is -2.11. The van der Waals surface area contributed by atoms with Crippen LogP contribution in [0.1, 0.15) is 5.56 Å². The second kappa shape index (κ2) is 5.68. The van der Waals surface area contributed by atoms with E-state index in [1.54, 1.807) is 6.07 Å². The molecule has 1 heterocycles. The number of hydrogen-bond donors (Lipinski definition) is 0. The lowest BCUT2D eigenvalue weighted by Crippen LogP contribution is -2.23. The number of aryl methyl sites for hydroxylation is 1. The maximum absolute atomic E-state index is 12.2. The Morgan fingerprint density at radius 3 is 2.60 bits per heavy atom. The van der Waals surface area contributed by atoms with Crippen LogP contribution in [0.5, 0.6) is 11.5 Å². The number of alkyl halides is 2. The molecule has 0 aliphatic rings. The van der Waals surface area contributed by atoms with Crippen LogP contribution < -0.4 is 15.2 Å². The van der Waals surface area contributed by atoms with Gasteiger partial charge in [-0.15, -0.1) is 0 Å². The molecule has 0 aliphatic carbocycles. The highest BCUT2D eigenvalue weighted by atomic mass is 19.3. The molecule has 0 N–H and O–H groups in total. The van der Waals surface area contributed by atoms with Crippen molar-refractivity contribution in [3.05, 3.63) is 34.2 Å². The smallest absolute Gasteiger partial charge is 0.387 e. The van der Waals surface area contributed by atoms with Gasteiger partial charge < -0.3 is 9.47 Å². The highest BCUT2D eigenvalue weighted by molar-refractivity contribution is 5.43. The number of aromatic nitrogens is 4. The van der Waals surface area contributed by atoms with E-state index in [0.29, 0.717) is 5.56 Å². The van der Waals surface area contributed by atoms with E-state index in [-0.39, 0.29) is 23.7 Å². The highest BCUT2D eigenvalue weighted by Crippen LogP contribution is 2.29. The molecule has 0 amide bonds. The fourth-order valence-electron chi connectivity index (χ4n) is 1.63. The minimum atomic E-state index is -2.93. The molecule has 0 aliphatic heterocycles. The van der Waals surface area contributed by atoms with Gasteiger partial charge in [0.2, 0.25) is 0 Å². The third-order valence-corrected chi connectivity index (χ3v) is 2.56. The van der Waals surface area contributed by atoms with Crippen molar-refractivity contribution in [3.63, 3.8) is 0 Å². The summed E-state index contributed by atoms with van der Waals surface area (Å²) in [6, 6.07) is 4.39. The van der Waals surface area contributed by atoms with Gasteiger partial charge in [0.15, 0.2) is 11.5 Å². The normalized spacial score (nSPS) is 10.8. The molecule has 0 unspecified atom stereocenters. The van der Waals surface area contributed by atoms with Crippen LogP contribution in [0.4, 0.5) is 8.78 Å². The molecule has 108 valence electrons. The molecule has 2 rings (SSSR count). The average molecular weight is 286 g/mol. The first-order chi connectivity index (χ1) is 9.51. The van der Waals surface area contributed by atoms with E-state index in [1.807, 2.05) is 0 Å². The number of benzene rings is 1. The first-order valence-corrected chi connectivity index (χ1v) is 5.60. The third kappa shape index (κ3) is 2.92. The van der Waals surface area contributed by atoms with E-state index in [9.17, 15) is 13.6 Å². The Bertz CT molecular complexity index is 653. The van der Waals surface area contributed by atoms with E-state index >= 15 is 0 Å². The Hall–Kier alpha value is -2.45. The molecule has 0 saturated carbocycles. The van der Waals surface area contributed by atoms with Crippen molar-refractivity contribution in [2.24, 2.45) is 7.05 Å². The molecule has 0 atom stereocenters. The molecule has 0 fully saturated rings. The summed E-state index contributed by atoms with van der Waals surface area (Å²) in [5.74, 6) is 0.0810. The number of ether oxygens (including phenoxy) is 2. The van der Waals surface area contributed by atoms with Crippen molar-refractivity contribution in [2.45, 2.75) is 13.2 Å². The molecule has 0 saturated heterocycles. The zero-order chi connectivity index (χ0) is 14.7. The van der Waals surface area contributed by atoms with Gasteiger partial charge >= 0.3 is 12.3 Å². The van der Waals surface area contributed by atoms with Gasteiger partial charge in [0.1, 0.15) is 0 Å². The Balaban J connectivity index is 2.25. The average Bonchev–Trinajstić information content (AvgIpc) is 2.72. The molecule has 0 radical (unpaired) electrons. The largest absolute Gasteiger partial charge is 0.493 e.